The van der Waals surface area contributed by atoms with E-state index in [-0.39, 0.29) is 5.82 Å². The summed E-state index contributed by atoms with van der Waals surface area (Å²) >= 11 is 0. The zero-order chi connectivity index (χ0) is 12.5. The molecule has 0 aromatic heterocycles. The van der Waals surface area contributed by atoms with Crippen LogP contribution in [0.2, 0.25) is 0 Å². The van der Waals surface area contributed by atoms with Gasteiger partial charge >= 0.3 is 0 Å². The Morgan fingerprint density at radius 2 is 2.18 bits per heavy atom. The van der Waals surface area contributed by atoms with E-state index < -0.39 is 0 Å². The molecule has 0 N–H and O–H groups in total. The lowest BCUT2D eigenvalue weighted by Gasteiger charge is -2.20. The van der Waals surface area contributed by atoms with Gasteiger partial charge in [-0.15, -0.1) is 0 Å². The molecule has 0 aliphatic rings. The molecule has 1 aromatic carbocycles. The smallest absolute Gasteiger partial charge is 0.123 e. The largest absolute Gasteiger partial charge is 0.299 e. The van der Waals surface area contributed by atoms with Gasteiger partial charge in [0.15, 0.2) is 0 Å². The highest BCUT2D eigenvalue weighted by Crippen LogP contribution is 2.08. The summed E-state index contributed by atoms with van der Waals surface area (Å²) in [7, 11) is 0. The molecule has 3 heteroatoms. The van der Waals surface area contributed by atoms with E-state index in [9.17, 15) is 4.39 Å². The number of nitrogens with zero attached hydrogens (tertiary/aromatic N) is 2. The Labute approximate surface area is 103 Å². The van der Waals surface area contributed by atoms with Crippen molar-refractivity contribution in [1.29, 1.82) is 5.26 Å². The summed E-state index contributed by atoms with van der Waals surface area (Å²) in [5.41, 5.74) is 1.01. The van der Waals surface area contributed by atoms with Gasteiger partial charge in [0.2, 0.25) is 0 Å². The third-order valence-electron chi connectivity index (χ3n) is 2.76. The lowest BCUT2D eigenvalue weighted by Crippen LogP contribution is -2.24. The molecule has 2 nitrogen and oxygen atoms in total. The molecule has 0 amide bonds. The Kier molecular flexibility index (Phi) is 6.27. The SMILES string of the molecule is CCN(CCCCC#N)Cc1cccc(F)c1. The minimum atomic E-state index is -0.178. The molecular formula is C14H19FN2. The predicted molar refractivity (Wildman–Crippen MR) is 66.8 cm³/mol. The van der Waals surface area contributed by atoms with E-state index in [0.717, 1.165) is 38.0 Å². The fraction of sp³-hybridized carbons (Fsp3) is 0.500. The molecule has 1 aromatic rings. The van der Waals surface area contributed by atoms with Gasteiger partial charge in [-0.2, -0.15) is 5.26 Å². The molecular weight excluding hydrogens is 215 g/mol. The number of unbranched alkanes of at least 4 members (excludes halogenated alkanes) is 2. The quantitative estimate of drug-likeness (QED) is 0.676. The summed E-state index contributed by atoms with van der Waals surface area (Å²) in [6.45, 7) is 4.79. The predicted octanol–water partition coefficient (Wildman–Crippen LogP) is 3.34. The highest BCUT2D eigenvalue weighted by Gasteiger charge is 2.04. The van der Waals surface area contributed by atoms with E-state index in [1.165, 1.54) is 6.07 Å². The van der Waals surface area contributed by atoms with Crippen LogP contribution < -0.4 is 0 Å². The first-order valence-electron chi connectivity index (χ1n) is 6.10. The maximum absolute atomic E-state index is 13.0. The van der Waals surface area contributed by atoms with Crippen LogP contribution in [0.15, 0.2) is 24.3 Å². The summed E-state index contributed by atoms with van der Waals surface area (Å²) in [4.78, 5) is 2.27. The van der Waals surface area contributed by atoms with Crippen molar-refractivity contribution < 1.29 is 4.39 Å². The maximum atomic E-state index is 13.0. The first-order chi connectivity index (χ1) is 8.26. The number of hydrogen-bond acceptors (Lipinski definition) is 2. The van der Waals surface area contributed by atoms with E-state index in [4.69, 9.17) is 5.26 Å². The van der Waals surface area contributed by atoms with Gasteiger partial charge in [0.25, 0.3) is 0 Å². The summed E-state index contributed by atoms with van der Waals surface area (Å²) in [6, 6.07) is 8.88. The molecule has 0 unspecified atom stereocenters. The monoisotopic (exact) mass is 234 g/mol. The molecule has 0 radical (unpaired) electrons. The van der Waals surface area contributed by atoms with Crippen molar-refractivity contribution in [1.82, 2.24) is 4.90 Å². The molecule has 0 aliphatic carbocycles. The summed E-state index contributed by atoms with van der Waals surface area (Å²) in [5, 5.41) is 8.45. The van der Waals surface area contributed by atoms with Crippen LogP contribution in [0.25, 0.3) is 0 Å². The molecule has 0 atom stereocenters. The van der Waals surface area contributed by atoms with Gasteiger partial charge in [0, 0.05) is 13.0 Å². The standard InChI is InChI=1S/C14H19FN2/c1-2-17(10-5-3-4-9-16)12-13-7-6-8-14(15)11-13/h6-8,11H,2-5,10,12H2,1H3. The lowest BCUT2D eigenvalue weighted by molar-refractivity contribution is 0.274. The zero-order valence-electron chi connectivity index (χ0n) is 10.3. The average molecular weight is 234 g/mol. The minimum absolute atomic E-state index is 0.178. The van der Waals surface area contributed by atoms with E-state index in [2.05, 4.69) is 17.9 Å². The van der Waals surface area contributed by atoms with E-state index in [1.54, 1.807) is 12.1 Å². The molecule has 92 valence electrons. The molecule has 17 heavy (non-hydrogen) atoms. The van der Waals surface area contributed by atoms with Gasteiger partial charge in [-0.3, -0.25) is 4.90 Å². The Bertz CT molecular complexity index is 371. The second-order valence-corrected chi connectivity index (χ2v) is 4.11. The van der Waals surface area contributed by atoms with Crippen molar-refractivity contribution in [2.75, 3.05) is 13.1 Å². The summed E-state index contributed by atoms with van der Waals surface area (Å²) in [5.74, 6) is -0.178. The Balaban J connectivity index is 2.39. The molecule has 0 bridgehead atoms. The first-order valence-corrected chi connectivity index (χ1v) is 6.10. The second-order valence-electron chi connectivity index (χ2n) is 4.11. The van der Waals surface area contributed by atoms with E-state index in [0.29, 0.717) is 6.42 Å². The highest BCUT2D eigenvalue weighted by atomic mass is 19.1. The summed E-state index contributed by atoms with van der Waals surface area (Å²) < 4.78 is 13.0. The number of halogens is 1. The normalized spacial score (nSPS) is 10.5. The van der Waals surface area contributed by atoms with Crippen LogP contribution in [-0.2, 0) is 6.54 Å². The van der Waals surface area contributed by atoms with Crippen LogP contribution >= 0.6 is 0 Å². The number of benzene rings is 1. The van der Waals surface area contributed by atoms with Gasteiger partial charge in [0.05, 0.1) is 6.07 Å². The third kappa shape index (κ3) is 5.46. The molecule has 0 saturated carbocycles. The van der Waals surface area contributed by atoms with Crippen molar-refractivity contribution in [3.05, 3.63) is 35.6 Å². The van der Waals surface area contributed by atoms with Crippen molar-refractivity contribution in [2.24, 2.45) is 0 Å². The van der Waals surface area contributed by atoms with E-state index >= 15 is 0 Å². The molecule has 0 saturated heterocycles. The molecule has 0 spiro atoms. The van der Waals surface area contributed by atoms with Crippen LogP contribution in [0.5, 0.6) is 0 Å². The molecule has 0 heterocycles. The van der Waals surface area contributed by atoms with Gasteiger partial charge < -0.3 is 0 Å². The fourth-order valence-electron chi connectivity index (χ4n) is 1.78. The van der Waals surface area contributed by atoms with Gasteiger partial charge in [-0.05, 0) is 43.6 Å². The second kappa shape index (κ2) is 7.81. The Morgan fingerprint density at radius 1 is 1.35 bits per heavy atom. The number of rotatable bonds is 7. The summed E-state index contributed by atoms with van der Waals surface area (Å²) in [6.07, 6.45) is 2.59. The third-order valence-corrected chi connectivity index (χ3v) is 2.76. The van der Waals surface area contributed by atoms with Crippen molar-refractivity contribution in [3.63, 3.8) is 0 Å². The highest BCUT2D eigenvalue weighted by molar-refractivity contribution is 5.16. The van der Waals surface area contributed by atoms with Gasteiger partial charge in [0.1, 0.15) is 5.82 Å². The van der Waals surface area contributed by atoms with Crippen LogP contribution in [0.3, 0.4) is 0 Å². The first kappa shape index (κ1) is 13.7. The number of hydrogen-bond donors (Lipinski definition) is 0. The topological polar surface area (TPSA) is 27.0 Å². The Hall–Kier alpha value is -1.40. The van der Waals surface area contributed by atoms with Crippen LogP contribution in [-0.4, -0.2) is 18.0 Å². The fourth-order valence-corrected chi connectivity index (χ4v) is 1.78. The maximum Gasteiger partial charge on any atom is 0.123 e. The van der Waals surface area contributed by atoms with E-state index in [1.807, 2.05) is 6.07 Å². The zero-order valence-corrected chi connectivity index (χ0v) is 10.3. The van der Waals surface area contributed by atoms with Crippen LogP contribution in [0.4, 0.5) is 4.39 Å². The minimum Gasteiger partial charge on any atom is -0.299 e. The van der Waals surface area contributed by atoms with Crippen molar-refractivity contribution >= 4 is 0 Å². The lowest BCUT2D eigenvalue weighted by atomic mass is 10.2. The van der Waals surface area contributed by atoms with Crippen molar-refractivity contribution in [2.45, 2.75) is 32.7 Å². The van der Waals surface area contributed by atoms with Crippen molar-refractivity contribution in [3.8, 4) is 6.07 Å². The average Bonchev–Trinajstić information content (AvgIpc) is 2.33. The van der Waals surface area contributed by atoms with Gasteiger partial charge in [-0.1, -0.05) is 19.1 Å². The number of nitriles is 1. The molecule has 1 rings (SSSR count). The molecule has 0 fully saturated rings. The van der Waals surface area contributed by atoms with Crippen LogP contribution in [0.1, 0.15) is 31.7 Å². The Morgan fingerprint density at radius 3 is 2.82 bits per heavy atom. The van der Waals surface area contributed by atoms with Gasteiger partial charge in [-0.25, -0.2) is 4.39 Å². The molecule has 0 aliphatic heterocycles. The van der Waals surface area contributed by atoms with Crippen LogP contribution in [0, 0.1) is 17.1 Å².